The van der Waals surface area contributed by atoms with Crippen LogP contribution in [0.15, 0.2) is 36.5 Å². The first-order valence-corrected chi connectivity index (χ1v) is 20.8. The number of esters is 2. The molecule has 0 aliphatic heterocycles. The average molecular weight is 699 g/mol. The number of rotatable bonds is 35. The van der Waals surface area contributed by atoms with Gasteiger partial charge in [-0.25, -0.2) is 4.57 Å². The Hall–Kier alpha value is -1.73. The van der Waals surface area contributed by atoms with Crippen molar-refractivity contribution in [3.8, 4) is 0 Å². The normalized spacial score (nSPS) is 12.8. The van der Waals surface area contributed by atoms with Crippen LogP contribution < -0.4 is 0 Å². The van der Waals surface area contributed by atoms with Crippen molar-refractivity contribution in [3.63, 3.8) is 0 Å². The van der Waals surface area contributed by atoms with Crippen LogP contribution >= 0.6 is 7.82 Å². The summed E-state index contributed by atoms with van der Waals surface area (Å²) in [5, 5.41) is 0. The van der Waals surface area contributed by atoms with E-state index in [1.54, 1.807) is 0 Å². The van der Waals surface area contributed by atoms with Gasteiger partial charge in [-0.2, -0.15) is 0 Å². The summed E-state index contributed by atoms with van der Waals surface area (Å²) in [7, 11) is -4.75. The Morgan fingerprint density at radius 1 is 0.542 bits per heavy atom. The van der Waals surface area contributed by atoms with Crippen molar-refractivity contribution in [2.24, 2.45) is 0 Å². The molecule has 8 nitrogen and oxygen atoms in total. The number of ether oxygens (including phenoxy) is 2. The van der Waals surface area contributed by atoms with Crippen LogP contribution in [0.3, 0.4) is 0 Å². The molecule has 0 aromatic heterocycles. The number of hydrogen-bond donors (Lipinski definition) is 2. The lowest BCUT2D eigenvalue weighted by atomic mass is 10.1. The number of allylic oxidation sites excluding steroid dienone is 6. The second-order valence-corrected chi connectivity index (χ2v) is 14.2. The van der Waals surface area contributed by atoms with Crippen molar-refractivity contribution in [2.75, 3.05) is 13.2 Å². The molecule has 48 heavy (non-hydrogen) atoms. The maximum absolute atomic E-state index is 12.4. The molecule has 0 radical (unpaired) electrons. The van der Waals surface area contributed by atoms with Crippen molar-refractivity contribution in [1.29, 1.82) is 0 Å². The maximum atomic E-state index is 12.4. The van der Waals surface area contributed by atoms with E-state index in [1.807, 2.05) is 0 Å². The maximum Gasteiger partial charge on any atom is 0.469 e. The van der Waals surface area contributed by atoms with Crippen LogP contribution in [0.2, 0.25) is 0 Å². The number of phosphoric ester groups is 1. The summed E-state index contributed by atoms with van der Waals surface area (Å²) in [6.45, 7) is 3.63. The predicted molar refractivity (Wildman–Crippen MR) is 198 cm³/mol. The van der Waals surface area contributed by atoms with E-state index in [2.05, 4.69) is 54.8 Å². The van der Waals surface area contributed by atoms with Crippen molar-refractivity contribution in [2.45, 2.75) is 187 Å². The monoisotopic (exact) mass is 698 g/mol. The van der Waals surface area contributed by atoms with Gasteiger partial charge in [0.1, 0.15) is 6.61 Å². The lowest BCUT2D eigenvalue weighted by Gasteiger charge is -2.18. The van der Waals surface area contributed by atoms with Crippen molar-refractivity contribution >= 4 is 19.8 Å². The lowest BCUT2D eigenvalue weighted by molar-refractivity contribution is -0.161. The number of phosphoric acid groups is 1. The van der Waals surface area contributed by atoms with Crippen LogP contribution in [-0.4, -0.2) is 41.0 Å². The summed E-state index contributed by atoms with van der Waals surface area (Å²) < 4.78 is 26.3. The van der Waals surface area contributed by atoms with Crippen molar-refractivity contribution in [1.82, 2.24) is 0 Å². The third-order valence-corrected chi connectivity index (χ3v) is 8.64. The fourth-order valence-corrected chi connectivity index (χ4v) is 5.60. The second kappa shape index (κ2) is 35.1. The highest BCUT2D eigenvalue weighted by molar-refractivity contribution is 7.46. The molecule has 0 bridgehead atoms. The summed E-state index contributed by atoms with van der Waals surface area (Å²) >= 11 is 0. The van der Waals surface area contributed by atoms with Gasteiger partial charge in [0, 0.05) is 12.8 Å². The molecular formula is C39H71O8P. The summed E-state index contributed by atoms with van der Waals surface area (Å²) in [4.78, 5) is 42.7. The molecule has 0 fully saturated rings. The van der Waals surface area contributed by atoms with Crippen molar-refractivity contribution in [3.05, 3.63) is 36.5 Å². The molecule has 0 saturated carbocycles. The lowest BCUT2D eigenvalue weighted by Crippen LogP contribution is -2.29. The number of carbonyl (C=O) groups excluding carboxylic acids is 2. The first-order chi connectivity index (χ1) is 23.3. The van der Waals surface area contributed by atoms with E-state index in [9.17, 15) is 14.2 Å². The standard InChI is InChI=1S/C39H71O8P/c1-3-5-7-9-11-13-15-17-19-21-23-25-27-29-31-33-38(40)45-35-37(36-46-48(42,43)44)47-39(41)34-32-30-28-26-24-22-20-18-16-14-12-10-8-6-4-2/h14,16-20,37H,3-13,15,21-36H2,1-2H3,(H2,42,43,44)/b16-14+,19-17+,20-18+/t37-/m1/s1. The van der Waals surface area contributed by atoms with Gasteiger partial charge in [-0.3, -0.25) is 14.1 Å². The number of unbranched alkanes of at least 4 members (excludes halogenated alkanes) is 20. The Labute approximate surface area is 293 Å². The summed E-state index contributed by atoms with van der Waals surface area (Å²) in [5.41, 5.74) is 0. The molecule has 0 rings (SSSR count). The molecule has 0 aliphatic rings. The SMILES string of the molecule is CCCCCC/C=C/C=C/CCCCCCCC(=O)O[C@H](COC(=O)CCCCCCC/C=C/CCCCCCCC)COP(=O)(O)O. The Balaban J connectivity index is 4.00. The molecule has 1 atom stereocenters. The Morgan fingerprint density at radius 3 is 1.42 bits per heavy atom. The Morgan fingerprint density at radius 2 is 0.938 bits per heavy atom. The smallest absolute Gasteiger partial charge is 0.462 e. The molecule has 0 saturated heterocycles. The molecule has 0 aliphatic carbocycles. The van der Waals surface area contributed by atoms with Crippen LogP contribution in [0.5, 0.6) is 0 Å². The van der Waals surface area contributed by atoms with Gasteiger partial charge in [-0.1, -0.05) is 140 Å². The molecule has 0 heterocycles. The van der Waals surface area contributed by atoms with E-state index in [0.717, 1.165) is 70.6 Å². The zero-order chi connectivity index (χ0) is 35.4. The van der Waals surface area contributed by atoms with Crippen LogP contribution in [0.1, 0.15) is 181 Å². The van der Waals surface area contributed by atoms with Gasteiger partial charge in [-0.05, 0) is 64.2 Å². The molecule has 0 aromatic carbocycles. The molecule has 280 valence electrons. The minimum Gasteiger partial charge on any atom is -0.462 e. The molecule has 9 heteroatoms. The zero-order valence-corrected chi connectivity index (χ0v) is 31.5. The Bertz CT molecular complexity index is 879. The van der Waals surface area contributed by atoms with E-state index in [0.29, 0.717) is 12.8 Å². The first-order valence-electron chi connectivity index (χ1n) is 19.3. The van der Waals surface area contributed by atoms with Gasteiger partial charge >= 0.3 is 19.8 Å². The van der Waals surface area contributed by atoms with Gasteiger partial charge < -0.3 is 19.3 Å². The molecule has 0 amide bonds. The van der Waals surface area contributed by atoms with E-state index in [4.69, 9.17) is 19.3 Å². The zero-order valence-electron chi connectivity index (χ0n) is 30.6. The van der Waals surface area contributed by atoms with Gasteiger partial charge in [0.25, 0.3) is 0 Å². The minimum atomic E-state index is -4.75. The van der Waals surface area contributed by atoms with E-state index in [1.165, 1.54) is 70.6 Å². The molecule has 0 unspecified atom stereocenters. The van der Waals surface area contributed by atoms with Gasteiger partial charge in [-0.15, -0.1) is 0 Å². The fraction of sp³-hybridized carbons (Fsp3) is 0.795. The van der Waals surface area contributed by atoms with Gasteiger partial charge in [0.2, 0.25) is 0 Å². The minimum absolute atomic E-state index is 0.193. The van der Waals surface area contributed by atoms with Crippen LogP contribution in [0, 0.1) is 0 Å². The molecule has 2 N–H and O–H groups in total. The third-order valence-electron chi connectivity index (χ3n) is 8.16. The highest BCUT2D eigenvalue weighted by Crippen LogP contribution is 2.36. The van der Waals surface area contributed by atoms with E-state index in [-0.39, 0.29) is 19.4 Å². The second-order valence-electron chi connectivity index (χ2n) is 12.9. The van der Waals surface area contributed by atoms with Crippen LogP contribution in [0.25, 0.3) is 0 Å². The predicted octanol–water partition coefficient (Wildman–Crippen LogP) is 11.4. The van der Waals surface area contributed by atoms with Crippen LogP contribution in [0.4, 0.5) is 0 Å². The van der Waals surface area contributed by atoms with Crippen LogP contribution in [-0.2, 0) is 28.2 Å². The fourth-order valence-electron chi connectivity index (χ4n) is 5.24. The molecule has 0 aromatic rings. The van der Waals surface area contributed by atoms with Crippen molar-refractivity contribution < 1.29 is 37.9 Å². The molecular weight excluding hydrogens is 627 g/mol. The average Bonchev–Trinajstić information content (AvgIpc) is 3.05. The largest absolute Gasteiger partial charge is 0.469 e. The third kappa shape index (κ3) is 37.1. The summed E-state index contributed by atoms with van der Waals surface area (Å²) in [6, 6.07) is 0. The number of hydrogen-bond acceptors (Lipinski definition) is 6. The number of carbonyl (C=O) groups is 2. The summed E-state index contributed by atoms with van der Waals surface area (Å²) in [6.07, 6.45) is 40.0. The van der Waals surface area contributed by atoms with Gasteiger partial charge in [0.05, 0.1) is 6.61 Å². The van der Waals surface area contributed by atoms with Gasteiger partial charge in [0.15, 0.2) is 6.10 Å². The topological polar surface area (TPSA) is 119 Å². The summed E-state index contributed by atoms with van der Waals surface area (Å²) in [5.74, 6) is -0.912. The highest BCUT2D eigenvalue weighted by atomic mass is 31.2. The molecule has 0 spiro atoms. The quantitative estimate of drug-likeness (QED) is 0.0221. The van der Waals surface area contributed by atoms with E-state index < -0.39 is 32.5 Å². The highest BCUT2D eigenvalue weighted by Gasteiger charge is 2.22. The van der Waals surface area contributed by atoms with E-state index >= 15 is 0 Å². The Kier molecular flexibility index (Phi) is 33.8. The first kappa shape index (κ1) is 46.3.